The molecular weight excluding hydrogens is 292 g/mol. The van der Waals surface area contributed by atoms with Crippen LogP contribution < -0.4 is 15.8 Å². The highest BCUT2D eigenvalue weighted by atomic mass is 35.5. The number of carbonyl (C=O) groups excluding carboxylic acids is 1. The van der Waals surface area contributed by atoms with Crippen molar-refractivity contribution in [3.8, 4) is 0 Å². The average molecular weight is 311 g/mol. The minimum atomic E-state index is -3.62. The lowest BCUT2D eigenvalue weighted by molar-refractivity contribution is 0.0992. The second-order valence-corrected chi connectivity index (χ2v) is 5.84. The Morgan fingerprint density at radius 3 is 2.53 bits per heavy atom. The molecule has 0 spiro atoms. The predicted molar refractivity (Wildman–Crippen MR) is 74.9 cm³/mol. The highest BCUT2D eigenvalue weighted by Crippen LogP contribution is 2.12. The summed E-state index contributed by atoms with van der Waals surface area (Å²) < 4.78 is 27.7. The van der Waals surface area contributed by atoms with Crippen molar-refractivity contribution in [2.45, 2.75) is 17.9 Å². The summed E-state index contributed by atoms with van der Waals surface area (Å²) in [5.74, 6) is -0.664. The van der Waals surface area contributed by atoms with Crippen molar-refractivity contribution in [3.05, 3.63) is 18.0 Å². The molecule has 0 radical (unpaired) electrons. The number of sulfonamides is 1. The van der Waals surface area contributed by atoms with Crippen LogP contribution in [0.2, 0.25) is 0 Å². The van der Waals surface area contributed by atoms with Gasteiger partial charge >= 0.3 is 0 Å². The molecule has 0 aliphatic heterocycles. The summed E-state index contributed by atoms with van der Waals surface area (Å²) in [4.78, 5) is 11.1. The molecule has 4 N–H and O–H groups in total. The van der Waals surface area contributed by atoms with Crippen LogP contribution in [0.3, 0.4) is 0 Å². The number of hydrogen-bond donors (Lipinski definition) is 3. The lowest BCUT2D eigenvalue weighted by Gasteiger charge is -2.10. The van der Waals surface area contributed by atoms with Crippen LogP contribution in [0.1, 0.15) is 17.4 Å². The first-order valence-electron chi connectivity index (χ1n) is 5.41. The summed E-state index contributed by atoms with van der Waals surface area (Å²) in [7, 11) is -0.312. The summed E-state index contributed by atoms with van der Waals surface area (Å²) in [6.07, 6.45) is 1.35. The van der Waals surface area contributed by atoms with E-state index < -0.39 is 15.9 Å². The molecule has 1 amide bonds. The number of carbonyl (C=O) groups is 1. The third-order valence-electron chi connectivity index (χ3n) is 2.61. The van der Waals surface area contributed by atoms with Crippen molar-refractivity contribution in [2.75, 3.05) is 13.6 Å². The van der Waals surface area contributed by atoms with Gasteiger partial charge in [0.15, 0.2) is 0 Å². The van der Waals surface area contributed by atoms with Gasteiger partial charge in [-0.25, -0.2) is 13.1 Å². The predicted octanol–water partition coefficient (Wildman–Crippen LogP) is -0.568. The molecule has 1 heterocycles. The number of rotatable bonds is 6. The van der Waals surface area contributed by atoms with E-state index in [0.29, 0.717) is 0 Å². The molecule has 0 aromatic carbocycles. The van der Waals surface area contributed by atoms with Gasteiger partial charge in [-0.1, -0.05) is 0 Å². The molecule has 0 saturated heterocycles. The Bertz CT molecular complexity index is 541. The van der Waals surface area contributed by atoms with Gasteiger partial charge in [-0.15, -0.1) is 12.4 Å². The van der Waals surface area contributed by atoms with Crippen LogP contribution in [0.5, 0.6) is 0 Å². The minimum Gasteiger partial charge on any atom is -0.364 e. The normalized spacial score (nSPS) is 12.8. The van der Waals surface area contributed by atoms with Crippen molar-refractivity contribution in [1.29, 1.82) is 0 Å². The summed E-state index contributed by atoms with van der Waals surface area (Å²) in [5, 5.41) is 2.92. The number of nitrogens with two attached hydrogens (primary N) is 1. The quantitative estimate of drug-likeness (QED) is 0.654. The second kappa shape index (κ2) is 6.90. The molecule has 1 aromatic rings. The molecule has 7 nitrogen and oxygen atoms in total. The van der Waals surface area contributed by atoms with E-state index in [1.54, 1.807) is 14.1 Å². The molecular formula is C10H19ClN4O3S. The lowest BCUT2D eigenvalue weighted by Crippen LogP contribution is -2.37. The summed E-state index contributed by atoms with van der Waals surface area (Å²) >= 11 is 0. The molecule has 9 heteroatoms. The van der Waals surface area contributed by atoms with Crippen LogP contribution in [0.4, 0.5) is 0 Å². The van der Waals surface area contributed by atoms with Crippen molar-refractivity contribution in [1.82, 2.24) is 14.6 Å². The van der Waals surface area contributed by atoms with Crippen molar-refractivity contribution < 1.29 is 13.2 Å². The molecule has 1 rings (SSSR count). The SMILES string of the molecule is CNC(C)CNS(=O)(=O)c1cc(C(N)=O)n(C)c1.Cl. The Morgan fingerprint density at radius 1 is 1.53 bits per heavy atom. The molecule has 0 aliphatic carbocycles. The van der Waals surface area contributed by atoms with Gasteiger partial charge < -0.3 is 15.6 Å². The van der Waals surface area contributed by atoms with Gasteiger partial charge in [0.1, 0.15) is 10.6 Å². The summed E-state index contributed by atoms with van der Waals surface area (Å²) in [6.45, 7) is 2.11. The summed E-state index contributed by atoms with van der Waals surface area (Å²) in [5.41, 5.74) is 5.28. The van der Waals surface area contributed by atoms with Crippen LogP contribution in [0.25, 0.3) is 0 Å². The van der Waals surface area contributed by atoms with E-state index in [4.69, 9.17) is 5.73 Å². The third kappa shape index (κ3) is 4.50. The molecule has 0 saturated carbocycles. The van der Waals surface area contributed by atoms with E-state index in [1.165, 1.54) is 16.8 Å². The van der Waals surface area contributed by atoms with Crippen LogP contribution in [-0.2, 0) is 17.1 Å². The number of primary amides is 1. The number of nitrogens with zero attached hydrogens (tertiary/aromatic N) is 1. The van der Waals surface area contributed by atoms with Crippen LogP contribution >= 0.6 is 12.4 Å². The monoisotopic (exact) mass is 310 g/mol. The Morgan fingerprint density at radius 2 is 2.11 bits per heavy atom. The molecule has 0 aliphatic rings. The first-order valence-corrected chi connectivity index (χ1v) is 6.89. The zero-order valence-corrected chi connectivity index (χ0v) is 12.6. The maximum absolute atomic E-state index is 11.9. The second-order valence-electron chi connectivity index (χ2n) is 4.08. The Kier molecular flexibility index (Phi) is 6.50. The highest BCUT2D eigenvalue weighted by Gasteiger charge is 2.19. The Labute approximate surface area is 119 Å². The van der Waals surface area contributed by atoms with Crippen molar-refractivity contribution in [3.63, 3.8) is 0 Å². The fourth-order valence-corrected chi connectivity index (χ4v) is 2.55. The molecule has 0 fully saturated rings. The molecule has 1 aromatic heterocycles. The van der Waals surface area contributed by atoms with Gasteiger partial charge in [-0.05, 0) is 20.0 Å². The number of aryl methyl sites for hydroxylation is 1. The topological polar surface area (TPSA) is 106 Å². The van der Waals surface area contributed by atoms with Gasteiger partial charge in [-0.3, -0.25) is 4.79 Å². The molecule has 19 heavy (non-hydrogen) atoms. The largest absolute Gasteiger partial charge is 0.364 e. The zero-order chi connectivity index (χ0) is 13.9. The number of likely N-dealkylation sites (N-methyl/N-ethyl adjacent to an activating group) is 1. The van der Waals surface area contributed by atoms with E-state index >= 15 is 0 Å². The lowest BCUT2D eigenvalue weighted by atomic mass is 10.4. The zero-order valence-electron chi connectivity index (χ0n) is 11.0. The smallest absolute Gasteiger partial charge is 0.265 e. The van der Waals surface area contributed by atoms with E-state index in [9.17, 15) is 13.2 Å². The van der Waals surface area contributed by atoms with Gasteiger partial charge in [0.05, 0.1) is 0 Å². The van der Waals surface area contributed by atoms with E-state index in [1.807, 2.05) is 6.92 Å². The maximum Gasteiger partial charge on any atom is 0.265 e. The van der Waals surface area contributed by atoms with Gasteiger partial charge in [0.25, 0.3) is 5.91 Å². The average Bonchev–Trinajstić information content (AvgIpc) is 2.69. The van der Waals surface area contributed by atoms with Gasteiger partial charge in [0.2, 0.25) is 10.0 Å². The summed E-state index contributed by atoms with van der Waals surface area (Å²) in [6, 6.07) is 1.27. The first kappa shape index (κ1) is 17.9. The number of amides is 1. The van der Waals surface area contributed by atoms with Crippen molar-refractivity contribution in [2.24, 2.45) is 12.8 Å². The molecule has 0 bridgehead atoms. The number of hydrogen-bond acceptors (Lipinski definition) is 4. The minimum absolute atomic E-state index is 0. The molecule has 1 atom stereocenters. The van der Waals surface area contributed by atoms with Crippen LogP contribution in [0, 0.1) is 0 Å². The maximum atomic E-state index is 11.9. The fourth-order valence-electron chi connectivity index (χ4n) is 1.35. The molecule has 110 valence electrons. The van der Waals surface area contributed by atoms with Crippen LogP contribution in [0.15, 0.2) is 17.2 Å². The standard InChI is InChI=1S/C10H18N4O3S.ClH/c1-7(12-2)5-13-18(16,17)8-4-9(10(11)15)14(3)6-8;/h4,6-7,12-13H,5H2,1-3H3,(H2,11,15);1H. The van der Waals surface area contributed by atoms with Gasteiger partial charge in [-0.2, -0.15) is 0 Å². The van der Waals surface area contributed by atoms with E-state index in [-0.39, 0.29) is 35.6 Å². The molecule has 1 unspecified atom stereocenters. The first-order chi connectivity index (χ1) is 8.27. The Hall–Kier alpha value is -1.09. The highest BCUT2D eigenvalue weighted by molar-refractivity contribution is 7.89. The number of halogens is 1. The fraction of sp³-hybridized carbons (Fsp3) is 0.500. The van der Waals surface area contributed by atoms with Gasteiger partial charge in [0, 0.05) is 25.8 Å². The number of aromatic nitrogens is 1. The van der Waals surface area contributed by atoms with E-state index in [2.05, 4.69) is 10.0 Å². The van der Waals surface area contributed by atoms with E-state index in [0.717, 1.165) is 0 Å². The van der Waals surface area contributed by atoms with Crippen LogP contribution in [-0.4, -0.2) is 38.5 Å². The third-order valence-corrected chi connectivity index (χ3v) is 4.01. The van der Waals surface area contributed by atoms with Crippen molar-refractivity contribution >= 4 is 28.3 Å². The Balaban J connectivity index is 0.00000324. The number of nitrogens with one attached hydrogen (secondary N) is 2.